The van der Waals surface area contributed by atoms with Gasteiger partial charge < -0.3 is 4.74 Å². The summed E-state index contributed by atoms with van der Waals surface area (Å²) in [6.45, 7) is 0. The summed E-state index contributed by atoms with van der Waals surface area (Å²) < 4.78 is 7.12. The molecule has 4 nitrogen and oxygen atoms in total. The molecule has 2 fully saturated rings. The van der Waals surface area contributed by atoms with Crippen LogP contribution in [0.3, 0.4) is 0 Å². The van der Waals surface area contributed by atoms with Gasteiger partial charge in [0.1, 0.15) is 14.9 Å². The van der Waals surface area contributed by atoms with E-state index < -0.39 is 5.97 Å². The van der Waals surface area contributed by atoms with Gasteiger partial charge in [-0.2, -0.15) is 0 Å². The summed E-state index contributed by atoms with van der Waals surface area (Å²) in [5.41, 5.74) is 0.846. The molecule has 3 aromatic rings. The van der Waals surface area contributed by atoms with Crippen LogP contribution in [-0.4, -0.2) is 27.1 Å². The van der Waals surface area contributed by atoms with Crippen molar-refractivity contribution in [2.24, 2.45) is 0 Å². The zero-order valence-electron chi connectivity index (χ0n) is 17.6. The number of fused-ring (bicyclic) bond motifs is 1. The lowest BCUT2D eigenvalue weighted by Crippen LogP contribution is -2.39. The number of thiocarbonyl (C=S) groups is 1. The molecule has 1 aliphatic carbocycles. The fraction of sp³-hybridized carbons (Fsp3) is 0.240. The highest BCUT2D eigenvalue weighted by molar-refractivity contribution is 8.26. The first kappa shape index (κ1) is 22.6. The third kappa shape index (κ3) is 4.60. The van der Waals surface area contributed by atoms with Crippen molar-refractivity contribution in [2.75, 3.05) is 0 Å². The van der Waals surface area contributed by atoms with E-state index in [4.69, 9.17) is 28.6 Å². The van der Waals surface area contributed by atoms with Crippen molar-refractivity contribution in [1.82, 2.24) is 4.90 Å². The summed E-state index contributed by atoms with van der Waals surface area (Å²) in [6, 6.07) is 14.9. The number of halogens is 1. The Balaban J connectivity index is 1.29. The van der Waals surface area contributed by atoms with Gasteiger partial charge in [0.05, 0.1) is 9.93 Å². The van der Waals surface area contributed by atoms with Crippen molar-refractivity contribution in [3.05, 3.63) is 68.9 Å². The van der Waals surface area contributed by atoms with Crippen molar-refractivity contribution in [1.29, 1.82) is 0 Å². The van der Waals surface area contributed by atoms with E-state index in [1.807, 2.05) is 42.5 Å². The molecule has 2 heterocycles. The zero-order valence-corrected chi connectivity index (χ0v) is 20.8. The number of hydrogen-bond acceptors (Lipinski definition) is 6. The van der Waals surface area contributed by atoms with E-state index in [-0.39, 0.29) is 11.9 Å². The van der Waals surface area contributed by atoms with Gasteiger partial charge >= 0.3 is 5.97 Å². The first-order chi connectivity index (χ1) is 16.0. The van der Waals surface area contributed by atoms with Crippen LogP contribution in [0.25, 0.3) is 16.2 Å². The molecule has 0 bridgehead atoms. The largest absolute Gasteiger partial charge is 0.422 e. The second-order valence-electron chi connectivity index (χ2n) is 8.04. The quantitative estimate of drug-likeness (QED) is 0.158. The van der Waals surface area contributed by atoms with E-state index in [0.717, 1.165) is 41.3 Å². The molecule has 1 aliphatic heterocycles. The van der Waals surface area contributed by atoms with E-state index in [9.17, 15) is 9.59 Å². The molecule has 1 aromatic heterocycles. The van der Waals surface area contributed by atoms with Gasteiger partial charge in [0.2, 0.25) is 0 Å². The number of thioether (sulfide) groups is 1. The number of thiophene rings is 1. The summed E-state index contributed by atoms with van der Waals surface area (Å²) in [7, 11) is 0. The van der Waals surface area contributed by atoms with E-state index in [0.29, 0.717) is 24.9 Å². The number of nitrogens with zero attached hydrogens (tertiary/aromatic N) is 1. The number of benzene rings is 2. The minimum Gasteiger partial charge on any atom is -0.422 e. The lowest BCUT2D eigenvalue weighted by molar-refractivity contribution is -0.124. The average Bonchev–Trinajstić information content (AvgIpc) is 3.31. The maximum Gasteiger partial charge on any atom is 0.355 e. The van der Waals surface area contributed by atoms with Gasteiger partial charge in [0, 0.05) is 16.1 Å². The second-order valence-corrected chi connectivity index (χ2v) is 11.1. The Bertz CT molecular complexity index is 1280. The van der Waals surface area contributed by atoms with E-state index in [1.165, 1.54) is 29.5 Å². The van der Waals surface area contributed by atoms with Crippen LogP contribution in [0.4, 0.5) is 0 Å². The molecule has 1 saturated carbocycles. The molecule has 168 valence electrons. The number of amides is 1. The number of carbonyl (C=O) groups is 2. The number of hydrogen-bond donors (Lipinski definition) is 0. The van der Waals surface area contributed by atoms with E-state index in [1.54, 1.807) is 17.0 Å². The smallest absolute Gasteiger partial charge is 0.355 e. The topological polar surface area (TPSA) is 46.6 Å². The van der Waals surface area contributed by atoms with Crippen LogP contribution >= 0.6 is 46.9 Å². The molecule has 0 N–H and O–H groups in total. The fourth-order valence-electron chi connectivity index (χ4n) is 4.22. The SMILES string of the molecule is O=C(Oc1ccc(/C=C2\SC(=S)N(C3CCCCC3)C2=O)cc1)c1sc2ccccc2c1Cl. The Morgan fingerprint density at radius 2 is 1.82 bits per heavy atom. The van der Waals surface area contributed by atoms with Crippen LogP contribution in [0.5, 0.6) is 5.75 Å². The lowest BCUT2D eigenvalue weighted by atomic mass is 9.94. The highest BCUT2D eigenvalue weighted by Crippen LogP contribution is 2.38. The number of carbonyl (C=O) groups excluding carboxylic acids is 2. The molecule has 0 unspecified atom stereocenters. The van der Waals surface area contributed by atoms with E-state index >= 15 is 0 Å². The second kappa shape index (κ2) is 9.58. The summed E-state index contributed by atoms with van der Waals surface area (Å²) >= 11 is 14.6. The Labute approximate surface area is 210 Å². The van der Waals surface area contributed by atoms with Crippen LogP contribution in [0.1, 0.15) is 47.3 Å². The number of esters is 1. The molecule has 33 heavy (non-hydrogen) atoms. The summed E-state index contributed by atoms with van der Waals surface area (Å²) in [5.74, 6) is -0.0745. The van der Waals surface area contributed by atoms with Gasteiger partial charge in [-0.25, -0.2) is 4.79 Å². The van der Waals surface area contributed by atoms with Crippen molar-refractivity contribution < 1.29 is 14.3 Å². The predicted octanol–water partition coefficient (Wildman–Crippen LogP) is 7.31. The third-order valence-corrected chi connectivity index (χ3v) is 8.86. The van der Waals surface area contributed by atoms with Crippen molar-refractivity contribution >= 4 is 79.3 Å². The highest BCUT2D eigenvalue weighted by Gasteiger charge is 2.37. The molecular weight excluding hydrogens is 494 g/mol. The molecule has 2 aromatic carbocycles. The molecule has 1 amide bonds. The molecule has 0 radical (unpaired) electrons. The first-order valence-corrected chi connectivity index (χ1v) is 13.2. The third-order valence-electron chi connectivity index (χ3n) is 5.87. The van der Waals surface area contributed by atoms with Crippen molar-refractivity contribution in [3.63, 3.8) is 0 Å². The first-order valence-electron chi connectivity index (χ1n) is 10.8. The summed E-state index contributed by atoms with van der Waals surface area (Å²) in [4.78, 5) is 28.4. The van der Waals surface area contributed by atoms with Crippen LogP contribution in [0.2, 0.25) is 5.02 Å². The van der Waals surface area contributed by atoms with Crippen molar-refractivity contribution in [2.45, 2.75) is 38.1 Å². The minimum absolute atomic E-state index is 0.00759. The van der Waals surface area contributed by atoms with E-state index in [2.05, 4.69) is 0 Å². The van der Waals surface area contributed by atoms with Gasteiger partial charge in [-0.15, -0.1) is 11.3 Å². The molecule has 0 atom stereocenters. The molecular formula is C25H20ClNO3S3. The van der Waals surface area contributed by atoms with Crippen LogP contribution < -0.4 is 4.74 Å². The van der Waals surface area contributed by atoms with Gasteiger partial charge in [0.25, 0.3) is 5.91 Å². The monoisotopic (exact) mass is 513 g/mol. The Morgan fingerprint density at radius 3 is 2.55 bits per heavy atom. The molecule has 0 spiro atoms. The minimum atomic E-state index is -0.484. The number of rotatable bonds is 4. The molecule has 1 saturated heterocycles. The zero-order chi connectivity index (χ0) is 22.9. The highest BCUT2D eigenvalue weighted by atomic mass is 35.5. The lowest BCUT2D eigenvalue weighted by Gasteiger charge is -2.29. The van der Waals surface area contributed by atoms with Gasteiger partial charge in [0.15, 0.2) is 0 Å². The average molecular weight is 514 g/mol. The van der Waals surface area contributed by atoms with Gasteiger partial charge in [-0.05, 0) is 42.7 Å². The number of ether oxygens (including phenoxy) is 1. The van der Waals surface area contributed by atoms with Gasteiger partial charge in [-0.1, -0.05) is 85.2 Å². The van der Waals surface area contributed by atoms with Gasteiger partial charge in [-0.3, -0.25) is 9.69 Å². The molecule has 8 heteroatoms. The van der Waals surface area contributed by atoms with Crippen LogP contribution in [-0.2, 0) is 4.79 Å². The van der Waals surface area contributed by atoms with Crippen molar-refractivity contribution in [3.8, 4) is 5.75 Å². The Kier molecular flexibility index (Phi) is 6.56. The van der Waals surface area contributed by atoms with Crippen LogP contribution in [0, 0.1) is 0 Å². The summed E-state index contributed by atoms with van der Waals surface area (Å²) in [6.07, 6.45) is 7.40. The standard InChI is InChI=1S/C25H20ClNO3S3/c26-21-18-8-4-5-9-19(18)32-22(21)24(29)30-17-12-10-15(11-13-17)14-20-23(28)27(25(31)33-20)16-6-2-1-3-7-16/h4-5,8-14,16H,1-3,6-7H2/b20-14-. The maximum absolute atomic E-state index is 13.0. The maximum atomic E-state index is 13.0. The Morgan fingerprint density at radius 1 is 1.09 bits per heavy atom. The normalized spacial score (nSPS) is 18.5. The molecule has 2 aliphatic rings. The predicted molar refractivity (Wildman–Crippen MR) is 140 cm³/mol. The van der Waals surface area contributed by atoms with Crippen LogP contribution in [0.15, 0.2) is 53.4 Å². The Hall–Kier alpha value is -2.19. The molecule has 5 rings (SSSR count). The fourth-order valence-corrected chi connectivity index (χ4v) is 7.00. The summed E-state index contributed by atoms with van der Waals surface area (Å²) in [5, 5.41) is 1.26.